The van der Waals surface area contributed by atoms with Crippen molar-refractivity contribution in [3.05, 3.63) is 33.8 Å². The van der Waals surface area contributed by atoms with Crippen LogP contribution in [0.4, 0.5) is 0 Å². The van der Waals surface area contributed by atoms with Gasteiger partial charge in [0, 0.05) is 11.0 Å². The summed E-state index contributed by atoms with van der Waals surface area (Å²) < 4.78 is 1.20. The van der Waals surface area contributed by atoms with E-state index in [1.54, 1.807) is 0 Å². The van der Waals surface area contributed by atoms with Gasteiger partial charge in [-0.15, -0.1) is 0 Å². The number of benzene rings is 1. The van der Waals surface area contributed by atoms with E-state index in [-0.39, 0.29) is 0 Å². The van der Waals surface area contributed by atoms with Crippen molar-refractivity contribution in [1.29, 1.82) is 0 Å². The van der Waals surface area contributed by atoms with Crippen molar-refractivity contribution in [3.8, 4) is 0 Å². The van der Waals surface area contributed by atoms with E-state index in [4.69, 9.17) is 0 Å². The van der Waals surface area contributed by atoms with Gasteiger partial charge in [0.05, 0.1) is 0 Å². The molecule has 0 bridgehead atoms. The fraction of sp³-hybridized carbons (Fsp3) is 0.600. The van der Waals surface area contributed by atoms with Gasteiger partial charge in [0.2, 0.25) is 0 Å². The Balaban J connectivity index is 1.79. The molecule has 0 amide bonds. The molecule has 1 aromatic carbocycles. The zero-order valence-electron chi connectivity index (χ0n) is 10.8. The summed E-state index contributed by atoms with van der Waals surface area (Å²) in [5, 5.41) is 3.61. The minimum Gasteiger partial charge on any atom is -0.312 e. The highest BCUT2D eigenvalue weighted by Crippen LogP contribution is 2.30. The first-order chi connectivity index (χ1) is 8.16. The maximum absolute atomic E-state index is 3.61. The highest BCUT2D eigenvalue weighted by molar-refractivity contribution is 9.10. The Kier molecular flexibility index (Phi) is 4.63. The van der Waals surface area contributed by atoms with E-state index in [0.29, 0.717) is 0 Å². The maximum Gasteiger partial charge on any atom is 0.0205 e. The van der Waals surface area contributed by atoms with Gasteiger partial charge in [-0.05, 0) is 48.9 Å². The number of nitrogens with one attached hydrogen (secondary N) is 1. The average Bonchev–Trinajstić information content (AvgIpc) is 2.70. The Hall–Kier alpha value is -0.340. The first-order valence-corrected chi connectivity index (χ1v) is 7.42. The Bertz CT molecular complexity index is 375. The van der Waals surface area contributed by atoms with Gasteiger partial charge in [0.25, 0.3) is 0 Å². The van der Waals surface area contributed by atoms with Crippen LogP contribution in [0.15, 0.2) is 22.7 Å². The zero-order chi connectivity index (χ0) is 12.3. The summed E-state index contributed by atoms with van der Waals surface area (Å²) in [5.74, 6) is 1.81. The lowest BCUT2D eigenvalue weighted by atomic mass is 9.98. The van der Waals surface area contributed by atoms with Crippen LogP contribution in [0.2, 0.25) is 0 Å². The minimum absolute atomic E-state index is 0.895. The fourth-order valence-electron chi connectivity index (χ4n) is 2.74. The average molecular weight is 296 g/mol. The molecular weight excluding hydrogens is 274 g/mol. The lowest BCUT2D eigenvalue weighted by Crippen LogP contribution is -2.23. The normalized spacial score (nSPS) is 24.2. The van der Waals surface area contributed by atoms with Crippen molar-refractivity contribution in [1.82, 2.24) is 5.32 Å². The zero-order valence-corrected chi connectivity index (χ0v) is 12.4. The Morgan fingerprint density at radius 3 is 2.82 bits per heavy atom. The number of hydrogen-bond donors (Lipinski definition) is 1. The monoisotopic (exact) mass is 295 g/mol. The molecule has 0 aromatic heterocycles. The molecule has 0 heterocycles. The van der Waals surface area contributed by atoms with Crippen LogP contribution < -0.4 is 5.32 Å². The number of rotatable bonds is 4. The van der Waals surface area contributed by atoms with Crippen LogP contribution in [0.1, 0.15) is 37.3 Å². The van der Waals surface area contributed by atoms with Crippen LogP contribution in [0.3, 0.4) is 0 Å². The first-order valence-electron chi connectivity index (χ1n) is 6.62. The van der Waals surface area contributed by atoms with Crippen LogP contribution in [0.5, 0.6) is 0 Å². The van der Waals surface area contributed by atoms with Gasteiger partial charge < -0.3 is 5.32 Å². The largest absolute Gasteiger partial charge is 0.312 e. The van der Waals surface area contributed by atoms with Crippen molar-refractivity contribution in [3.63, 3.8) is 0 Å². The molecule has 2 atom stereocenters. The number of hydrogen-bond acceptors (Lipinski definition) is 1. The molecule has 1 aliphatic carbocycles. The third-order valence-corrected chi connectivity index (χ3v) is 4.89. The molecular formula is C15H22BrN. The SMILES string of the molecule is Cc1cc(CNCC2CCCC2C)ccc1Br. The minimum atomic E-state index is 0.895. The molecule has 17 heavy (non-hydrogen) atoms. The smallest absolute Gasteiger partial charge is 0.0205 e. The molecule has 1 aromatic rings. The van der Waals surface area contributed by atoms with Gasteiger partial charge in [-0.25, -0.2) is 0 Å². The van der Waals surface area contributed by atoms with Crippen LogP contribution >= 0.6 is 15.9 Å². The van der Waals surface area contributed by atoms with E-state index in [0.717, 1.165) is 18.4 Å². The molecule has 1 N–H and O–H groups in total. The van der Waals surface area contributed by atoms with Crippen molar-refractivity contribution < 1.29 is 0 Å². The molecule has 1 fully saturated rings. The Morgan fingerprint density at radius 1 is 1.35 bits per heavy atom. The van der Waals surface area contributed by atoms with E-state index in [1.807, 2.05) is 0 Å². The fourth-order valence-corrected chi connectivity index (χ4v) is 2.99. The van der Waals surface area contributed by atoms with Crippen molar-refractivity contribution >= 4 is 15.9 Å². The van der Waals surface area contributed by atoms with E-state index in [2.05, 4.69) is 53.3 Å². The molecule has 1 aliphatic rings. The molecule has 0 radical (unpaired) electrons. The van der Waals surface area contributed by atoms with Crippen molar-refractivity contribution in [2.24, 2.45) is 11.8 Å². The molecule has 1 saturated carbocycles. The van der Waals surface area contributed by atoms with Gasteiger partial charge in [-0.2, -0.15) is 0 Å². The molecule has 0 spiro atoms. The third kappa shape index (κ3) is 3.56. The van der Waals surface area contributed by atoms with Gasteiger partial charge in [-0.1, -0.05) is 47.8 Å². The number of halogens is 1. The topological polar surface area (TPSA) is 12.0 Å². The van der Waals surface area contributed by atoms with E-state index >= 15 is 0 Å². The van der Waals surface area contributed by atoms with Gasteiger partial charge >= 0.3 is 0 Å². The molecule has 0 saturated heterocycles. The maximum atomic E-state index is 3.61. The quantitative estimate of drug-likeness (QED) is 0.874. The summed E-state index contributed by atoms with van der Waals surface area (Å²) in [6.45, 7) is 6.71. The predicted molar refractivity (Wildman–Crippen MR) is 77.1 cm³/mol. The Labute approximate surface area is 113 Å². The molecule has 0 aliphatic heterocycles. The van der Waals surface area contributed by atoms with Crippen LogP contribution in [0.25, 0.3) is 0 Å². The summed E-state index contributed by atoms with van der Waals surface area (Å²) in [6.07, 6.45) is 4.25. The van der Waals surface area contributed by atoms with Crippen molar-refractivity contribution in [2.75, 3.05) is 6.54 Å². The second-order valence-corrected chi connectivity index (χ2v) is 6.24. The molecule has 1 nitrogen and oxygen atoms in total. The summed E-state index contributed by atoms with van der Waals surface area (Å²) in [7, 11) is 0. The van der Waals surface area contributed by atoms with Crippen LogP contribution in [-0.4, -0.2) is 6.54 Å². The van der Waals surface area contributed by atoms with Gasteiger partial charge in [0.1, 0.15) is 0 Å². The van der Waals surface area contributed by atoms with E-state index < -0.39 is 0 Å². The highest BCUT2D eigenvalue weighted by atomic mass is 79.9. The molecule has 94 valence electrons. The second kappa shape index (κ2) is 6.01. The van der Waals surface area contributed by atoms with Gasteiger partial charge in [0.15, 0.2) is 0 Å². The summed E-state index contributed by atoms with van der Waals surface area (Å²) in [4.78, 5) is 0. The van der Waals surface area contributed by atoms with Gasteiger partial charge in [-0.3, -0.25) is 0 Å². The Morgan fingerprint density at radius 2 is 2.18 bits per heavy atom. The third-order valence-electron chi connectivity index (χ3n) is 4.00. The predicted octanol–water partition coefficient (Wildman–Crippen LogP) is 4.28. The lowest BCUT2D eigenvalue weighted by molar-refractivity contribution is 0.392. The van der Waals surface area contributed by atoms with E-state index in [1.165, 1.54) is 41.4 Å². The molecule has 2 heteroatoms. The second-order valence-electron chi connectivity index (χ2n) is 5.38. The van der Waals surface area contributed by atoms with E-state index in [9.17, 15) is 0 Å². The number of aryl methyl sites for hydroxylation is 1. The molecule has 2 rings (SSSR count). The van der Waals surface area contributed by atoms with Crippen molar-refractivity contribution in [2.45, 2.75) is 39.7 Å². The first kappa shape index (κ1) is 13.1. The lowest BCUT2D eigenvalue weighted by Gasteiger charge is -2.16. The molecule has 2 unspecified atom stereocenters. The summed E-state index contributed by atoms with van der Waals surface area (Å²) >= 11 is 3.54. The van der Waals surface area contributed by atoms with Crippen LogP contribution in [0, 0.1) is 18.8 Å². The summed E-state index contributed by atoms with van der Waals surface area (Å²) in [5.41, 5.74) is 2.70. The highest BCUT2D eigenvalue weighted by Gasteiger charge is 2.22. The standard InChI is InChI=1S/C15H22BrN/c1-11-4-3-5-14(11)10-17-9-13-6-7-15(16)12(2)8-13/h6-8,11,14,17H,3-5,9-10H2,1-2H3. The van der Waals surface area contributed by atoms with Crippen LogP contribution in [-0.2, 0) is 6.54 Å². The summed E-state index contributed by atoms with van der Waals surface area (Å²) in [6, 6.07) is 6.60.